The van der Waals surface area contributed by atoms with Crippen LogP contribution < -0.4 is 15.2 Å². The van der Waals surface area contributed by atoms with Gasteiger partial charge in [0, 0.05) is 57.4 Å². The number of aromatic amines is 1. The highest BCUT2D eigenvalue weighted by molar-refractivity contribution is 7.85. The third-order valence-corrected chi connectivity index (χ3v) is 8.62. The molecule has 0 saturated carbocycles. The molecule has 10 heteroatoms. The zero-order chi connectivity index (χ0) is 23.2. The standard InChI is InChI=1S/C24H28N6O3S/c1-29-14-16(6-7-20(29)31)25-22-21-18(10-13-34(21)32)27-24(28-22)30-11-8-15(9-12-30)23-26-17-4-2-3-5-19(17)33-23/h2-5,15-16H,6-14H2,1H3,(H,25,27,28)/p+1/t16-,34?/m0/s1. The first-order chi connectivity index (χ1) is 16.5. The Morgan fingerprint density at radius 2 is 1.97 bits per heavy atom. The van der Waals surface area contributed by atoms with Crippen LogP contribution in [0.25, 0.3) is 11.1 Å². The second-order valence-corrected chi connectivity index (χ2v) is 11.0. The molecular formula is C24H29N6O3S+. The number of carbonyl (C=O) groups excluding carboxylic acids is 1. The molecular weight excluding hydrogens is 452 g/mol. The van der Waals surface area contributed by atoms with E-state index >= 15 is 0 Å². The van der Waals surface area contributed by atoms with E-state index in [4.69, 9.17) is 14.4 Å². The van der Waals surface area contributed by atoms with E-state index in [2.05, 4.69) is 15.2 Å². The SMILES string of the molecule is CN1C[C@@H](Nc2nc(N3CCC(c4[nH+]c5ccccc5o4)CC3)nc3c2S(=O)CC3)CCC1=O. The molecule has 2 fully saturated rings. The number of nitrogens with zero attached hydrogens (tertiary/aromatic N) is 4. The highest BCUT2D eigenvalue weighted by Crippen LogP contribution is 2.34. The molecule has 2 saturated heterocycles. The zero-order valence-electron chi connectivity index (χ0n) is 19.2. The molecule has 0 radical (unpaired) electrons. The summed E-state index contributed by atoms with van der Waals surface area (Å²) in [5.41, 5.74) is 2.81. The number of likely N-dealkylation sites (N-methyl/N-ethyl adjacent to an activating group) is 1. The van der Waals surface area contributed by atoms with Crippen molar-refractivity contribution in [3.05, 3.63) is 35.9 Å². The van der Waals surface area contributed by atoms with E-state index in [1.165, 1.54) is 0 Å². The molecule has 2 aromatic heterocycles. The summed E-state index contributed by atoms with van der Waals surface area (Å²) in [6.45, 7) is 2.29. The van der Waals surface area contributed by atoms with Crippen molar-refractivity contribution in [1.29, 1.82) is 0 Å². The molecule has 0 bridgehead atoms. The van der Waals surface area contributed by atoms with Crippen LogP contribution in [0, 0.1) is 0 Å². The molecule has 1 aromatic carbocycles. The Hall–Kier alpha value is -3.01. The molecule has 6 rings (SSSR count). The summed E-state index contributed by atoms with van der Waals surface area (Å²) in [5.74, 6) is 3.40. The average Bonchev–Trinajstić information content (AvgIpc) is 3.45. The average molecular weight is 482 g/mol. The fourth-order valence-corrected chi connectivity index (χ4v) is 6.52. The maximum atomic E-state index is 12.7. The van der Waals surface area contributed by atoms with E-state index in [1.807, 2.05) is 31.3 Å². The second-order valence-electron chi connectivity index (χ2n) is 9.45. The van der Waals surface area contributed by atoms with Crippen LogP contribution in [0.5, 0.6) is 0 Å². The molecule has 2 atom stereocenters. The van der Waals surface area contributed by atoms with Gasteiger partial charge in [-0.1, -0.05) is 12.1 Å². The number of hydrogen-bond acceptors (Lipinski definition) is 7. The van der Waals surface area contributed by atoms with Crippen molar-refractivity contribution in [2.24, 2.45) is 0 Å². The normalized spacial score (nSPS) is 23.5. The fraction of sp³-hybridized carbons (Fsp3) is 0.500. The number of aromatic nitrogens is 3. The number of fused-ring (bicyclic) bond motifs is 2. The minimum atomic E-state index is -1.08. The predicted molar refractivity (Wildman–Crippen MR) is 128 cm³/mol. The number of aryl methyl sites for hydroxylation is 1. The molecule has 5 heterocycles. The molecule has 1 unspecified atom stereocenters. The van der Waals surface area contributed by atoms with E-state index in [-0.39, 0.29) is 11.9 Å². The van der Waals surface area contributed by atoms with Crippen LogP contribution in [-0.4, -0.2) is 63.5 Å². The first kappa shape index (κ1) is 21.5. The summed E-state index contributed by atoms with van der Waals surface area (Å²) in [4.78, 5) is 29.7. The van der Waals surface area contributed by atoms with Crippen molar-refractivity contribution >= 4 is 39.6 Å². The molecule has 3 aliphatic rings. The number of rotatable bonds is 4. The highest BCUT2D eigenvalue weighted by atomic mass is 32.2. The Balaban J connectivity index is 1.20. The van der Waals surface area contributed by atoms with Crippen molar-refractivity contribution in [2.45, 2.75) is 49.0 Å². The van der Waals surface area contributed by atoms with Crippen LogP contribution in [0.1, 0.15) is 43.2 Å². The summed E-state index contributed by atoms with van der Waals surface area (Å²) >= 11 is 0. The minimum absolute atomic E-state index is 0.0986. The molecule has 3 aliphatic heterocycles. The fourth-order valence-electron chi connectivity index (χ4n) is 5.21. The van der Waals surface area contributed by atoms with Gasteiger partial charge in [0.15, 0.2) is 0 Å². The summed E-state index contributed by atoms with van der Waals surface area (Å²) in [6, 6.07) is 8.11. The molecule has 0 spiro atoms. The largest absolute Gasteiger partial charge is 0.401 e. The number of anilines is 2. The van der Waals surface area contributed by atoms with Crippen LogP contribution in [0.2, 0.25) is 0 Å². The lowest BCUT2D eigenvalue weighted by atomic mass is 9.97. The molecule has 2 N–H and O–H groups in total. The number of nitrogens with one attached hydrogen (secondary N) is 2. The minimum Gasteiger partial charge on any atom is -0.401 e. The predicted octanol–water partition coefficient (Wildman–Crippen LogP) is 2.12. The van der Waals surface area contributed by atoms with Gasteiger partial charge in [0.2, 0.25) is 23.0 Å². The van der Waals surface area contributed by atoms with Gasteiger partial charge in [0.05, 0.1) is 22.4 Å². The van der Waals surface area contributed by atoms with Crippen molar-refractivity contribution in [1.82, 2.24) is 14.9 Å². The highest BCUT2D eigenvalue weighted by Gasteiger charge is 2.33. The number of H-pyrrole nitrogens is 1. The van der Waals surface area contributed by atoms with Gasteiger partial charge in [-0.2, -0.15) is 9.97 Å². The number of oxazole rings is 1. The van der Waals surface area contributed by atoms with Crippen molar-refractivity contribution in [3.63, 3.8) is 0 Å². The van der Waals surface area contributed by atoms with Gasteiger partial charge in [-0.15, -0.1) is 0 Å². The first-order valence-electron chi connectivity index (χ1n) is 12.0. The Kier molecular flexibility index (Phi) is 5.47. The van der Waals surface area contributed by atoms with Crippen LogP contribution >= 0.6 is 0 Å². The summed E-state index contributed by atoms with van der Waals surface area (Å²) in [5, 5.41) is 3.51. The number of benzene rings is 1. The Morgan fingerprint density at radius 3 is 2.76 bits per heavy atom. The molecule has 34 heavy (non-hydrogen) atoms. The van der Waals surface area contributed by atoms with Crippen LogP contribution in [0.4, 0.5) is 11.8 Å². The maximum absolute atomic E-state index is 12.7. The van der Waals surface area contributed by atoms with E-state index in [0.717, 1.165) is 59.9 Å². The maximum Gasteiger partial charge on any atom is 0.349 e. The van der Waals surface area contributed by atoms with Gasteiger partial charge >= 0.3 is 5.89 Å². The summed E-state index contributed by atoms with van der Waals surface area (Å²) < 4.78 is 18.8. The lowest BCUT2D eigenvalue weighted by Crippen LogP contribution is -2.43. The number of para-hydroxylation sites is 2. The summed E-state index contributed by atoms with van der Waals surface area (Å²) in [7, 11) is 0.743. The van der Waals surface area contributed by atoms with Crippen LogP contribution in [0.15, 0.2) is 33.6 Å². The van der Waals surface area contributed by atoms with E-state index in [9.17, 15) is 9.00 Å². The first-order valence-corrected chi connectivity index (χ1v) is 13.3. The van der Waals surface area contributed by atoms with Gasteiger partial charge < -0.3 is 19.5 Å². The Bertz CT molecular complexity index is 1240. The van der Waals surface area contributed by atoms with E-state index < -0.39 is 10.8 Å². The van der Waals surface area contributed by atoms with Gasteiger partial charge in [0.25, 0.3) is 0 Å². The lowest BCUT2D eigenvalue weighted by Gasteiger charge is -2.32. The molecule has 0 aliphatic carbocycles. The van der Waals surface area contributed by atoms with Gasteiger partial charge in [-0.25, -0.2) is 4.98 Å². The van der Waals surface area contributed by atoms with E-state index in [0.29, 0.717) is 42.8 Å². The van der Waals surface area contributed by atoms with Gasteiger partial charge in [-0.05, 0) is 25.3 Å². The Labute approximate surface area is 200 Å². The van der Waals surface area contributed by atoms with Crippen LogP contribution in [-0.2, 0) is 22.0 Å². The van der Waals surface area contributed by atoms with E-state index in [1.54, 1.807) is 4.90 Å². The Morgan fingerprint density at radius 1 is 1.15 bits per heavy atom. The molecule has 178 valence electrons. The summed E-state index contributed by atoms with van der Waals surface area (Å²) in [6.07, 6.45) is 3.87. The molecule has 9 nitrogen and oxygen atoms in total. The smallest absolute Gasteiger partial charge is 0.349 e. The number of amides is 1. The number of hydrogen-bond donors (Lipinski definition) is 1. The van der Waals surface area contributed by atoms with Gasteiger partial charge in [0.1, 0.15) is 10.7 Å². The third-order valence-electron chi connectivity index (χ3n) is 7.16. The van der Waals surface area contributed by atoms with Crippen molar-refractivity contribution in [2.75, 3.05) is 42.7 Å². The number of carbonyl (C=O) groups is 1. The lowest BCUT2D eigenvalue weighted by molar-refractivity contribution is -0.372. The zero-order valence-corrected chi connectivity index (χ0v) is 20.1. The molecule has 1 amide bonds. The monoisotopic (exact) mass is 481 g/mol. The van der Waals surface area contributed by atoms with Gasteiger partial charge in [-0.3, -0.25) is 9.00 Å². The number of likely N-dealkylation sites (tertiary alicyclic amines) is 1. The topological polar surface area (TPSA) is 106 Å². The van der Waals surface area contributed by atoms with Crippen molar-refractivity contribution in [3.8, 4) is 0 Å². The quantitative estimate of drug-likeness (QED) is 0.608. The van der Waals surface area contributed by atoms with Crippen LogP contribution in [0.3, 0.4) is 0 Å². The van der Waals surface area contributed by atoms with Crippen molar-refractivity contribution < 1.29 is 18.4 Å². The number of piperidine rings is 2. The third kappa shape index (κ3) is 3.93. The molecule has 3 aromatic rings. The second kappa shape index (κ2) is 8.65.